The fourth-order valence-electron chi connectivity index (χ4n) is 2.11. The summed E-state index contributed by atoms with van der Waals surface area (Å²) >= 11 is 3.27. The molecule has 1 unspecified atom stereocenters. The maximum Gasteiger partial charge on any atom is 0.316 e. The molecule has 2 aromatic rings. The molecule has 1 atom stereocenters. The van der Waals surface area contributed by atoms with Crippen molar-refractivity contribution in [3.05, 3.63) is 52.3 Å². The average Bonchev–Trinajstić information content (AvgIpc) is 2.64. The standard InChI is InChI=1S/C18H20BrN3O4/c1-3-25-16(23)8-9-20-17(24)14-6-4-13(5-7-14)12(2)26-18-21-10-15(19)11-22-18/h4-7,10-12H,3,8-9H2,1-2H3,(H,20,24). The van der Waals surface area contributed by atoms with E-state index >= 15 is 0 Å². The minimum absolute atomic E-state index is 0.149. The molecule has 1 aromatic carbocycles. The second-order valence-electron chi connectivity index (χ2n) is 5.38. The molecule has 0 aliphatic carbocycles. The number of esters is 1. The lowest BCUT2D eigenvalue weighted by atomic mass is 10.1. The van der Waals surface area contributed by atoms with E-state index in [1.165, 1.54) is 0 Å². The summed E-state index contributed by atoms with van der Waals surface area (Å²) in [7, 11) is 0. The lowest BCUT2D eigenvalue weighted by molar-refractivity contribution is -0.142. The topological polar surface area (TPSA) is 90.4 Å². The van der Waals surface area contributed by atoms with Crippen molar-refractivity contribution in [2.45, 2.75) is 26.4 Å². The number of rotatable bonds is 8. The summed E-state index contributed by atoms with van der Waals surface area (Å²) in [5.41, 5.74) is 1.39. The quantitative estimate of drug-likeness (QED) is 0.658. The highest BCUT2D eigenvalue weighted by Crippen LogP contribution is 2.19. The Kier molecular flexibility index (Phi) is 7.53. The minimum Gasteiger partial charge on any atom is -0.466 e. The number of ether oxygens (including phenoxy) is 2. The molecule has 7 nitrogen and oxygen atoms in total. The first kappa shape index (κ1) is 19.8. The molecule has 0 saturated heterocycles. The summed E-state index contributed by atoms with van der Waals surface area (Å²) in [5, 5.41) is 2.69. The summed E-state index contributed by atoms with van der Waals surface area (Å²) in [5.74, 6) is -0.574. The Morgan fingerprint density at radius 1 is 1.19 bits per heavy atom. The van der Waals surface area contributed by atoms with Crippen molar-refractivity contribution in [1.82, 2.24) is 15.3 Å². The van der Waals surface area contributed by atoms with Crippen LogP contribution in [-0.4, -0.2) is 35.0 Å². The van der Waals surface area contributed by atoms with Gasteiger partial charge in [-0.25, -0.2) is 9.97 Å². The van der Waals surface area contributed by atoms with Crippen molar-refractivity contribution in [3.63, 3.8) is 0 Å². The van der Waals surface area contributed by atoms with Crippen LogP contribution in [0.5, 0.6) is 6.01 Å². The molecule has 1 N–H and O–H groups in total. The molecule has 0 fully saturated rings. The van der Waals surface area contributed by atoms with Gasteiger partial charge in [-0.1, -0.05) is 12.1 Å². The van der Waals surface area contributed by atoms with Gasteiger partial charge < -0.3 is 14.8 Å². The third kappa shape index (κ3) is 6.11. The summed E-state index contributed by atoms with van der Waals surface area (Å²) < 4.78 is 11.3. The highest BCUT2D eigenvalue weighted by molar-refractivity contribution is 9.10. The Balaban J connectivity index is 1.87. The van der Waals surface area contributed by atoms with Gasteiger partial charge in [-0.3, -0.25) is 9.59 Å². The van der Waals surface area contributed by atoms with Gasteiger partial charge in [0.2, 0.25) is 0 Å². The van der Waals surface area contributed by atoms with E-state index in [1.807, 2.05) is 19.1 Å². The Bertz CT molecular complexity index is 735. The Morgan fingerprint density at radius 3 is 2.46 bits per heavy atom. The molecule has 0 bridgehead atoms. The zero-order chi connectivity index (χ0) is 18.9. The first-order chi connectivity index (χ1) is 12.5. The van der Waals surface area contributed by atoms with Crippen LogP contribution in [0.3, 0.4) is 0 Å². The largest absolute Gasteiger partial charge is 0.466 e. The molecule has 0 aliphatic heterocycles. The van der Waals surface area contributed by atoms with Gasteiger partial charge >= 0.3 is 12.0 Å². The molecule has 8 heteroatoms. The molecule has 1 aromatic heterocycles. The van der Waals surface area contributed by atoms with E-state index in [4.69, 9.17) is 9.47 Å². The normalized spacial score (nSPS) is 11.5. The molecule has 2 rings (SSSR count). The number of carbonyl (C=O) groups is 2. The van der Waals surface area contributed by atoms with Crippen LogP contribution in [0.15, 0.2) is 41.1 Å². The van der Waals surface area contributed by atoms with Crippen LogP contribution in [-0.2, 0) is 9.53 Å². The van der Waals surface area contributed by atoms with Crippen LogP contribution in [0.4, 0.5) is 0 Å². The summed E-state index contributed by atoms with van der Waals surface area (Å²) in [4.78, 5) is 31.5. The number of hydrogen-bond acceptors (Lipinski definition) is 6. The second kappa shape index (κ2) is 9.86. The number of nitrogens with one attached hydrogen (secondary N) is 1. The summed E-state index contributed by atoms with van der Waals surface area (Å²) in [6.45, 7) is 4.19. The SMILES string of the molecule is CCOC(=O)CCNC(=O)c1ccc(C(C)Oc2ncc(Br)cn2)cc1. The van der Waals surface area contributed by atoms with Gasteiger partial charge in [0.25, 0.3) is 5.91 Å². The number of benzene rings is 1. The number of aromatic nitrogens is 2. The third-order valence-electron chi connectivity index (χ3n) is 3.44. The van der Waals surface area contributed by atoms with E-state index in [0.717, 1.165) is 10.0 Å². The number of hydrogen-bond donors (Lipinski definition) is 1. The van der Waals surface area contributed by atoms with Crippen molar-refractivity contribution < 1.29 is 19.1 Å². The molecule has 0 radical (unpaired) electrons. The van der Waals surface area contributed by atoms with Crippen molar-refractivity contribution in [3.8, 4) is 6.01 Å². The number of nitrogens with zero attached hydrogens (tertiary/aromatic N) is 2. The highest BCUT2D eigenvalue weighted by Gasteiger charge is 2.11. The molecule has 0 saturated carbocycles. The first-order valence-corrected chi connectivity index (χ1v) is 8.97. The Morgan fingerprint density at radius 2 is 1.85 bits per heavy atom. The van der Waals surface area contributed by atoms with E-state index in [0.29, 0.717) is 12.2 Å². The third-order valence-corrected chi connectivity index (χ3v) is 3.85. The first-order valence-electron chi connectivity index (χ1n) is 8.17. The van der Waals surface area contributed by atoms with E-state index in [2.05, 4.69) is 31.2 Å². The van der Waals surface area contributed by atoms with Crippen molar-refractivity contribution in [2.75, 3.05) is 13.2 Å². The van der Waals surface area contributed by atoms with Gasteiger partial charge in [0.05, 0.1) is 17.5 Å². The maximum absolute atomic E-state index is 12.1. The maximum atomic E-state index is 12.1. The summed E-state index contributed by atoms with van der Waals surface area (Å²) in [6, 6.07) is 7.31. The van der Waals surface area contributed by atoms with Crippen LogP contribution in [0.1, 0.15) is 42.3 Å². The van der Waals surface area contributed by atoms with E-state index in [9.17, 15) is 9.59 Å². The molecular weight excluding hydrogens is 402 g/mol. The lowest BCUT2D eigenvalue weighted by Crippen LogP contribution is -2.26. The van der Waals surface area contributed by atoms with Crippen LogP contribution < -0.4 is 10.1 Å². The minimum atomic E-state index is -0.329. The van der Waals surface area contributed by atoms with Gasteiger partial charge in [0.1, 0.15) is 6.10 Å². The monoisotopic (exact) mass is 421 g/mol. The average molecular weight is 422 g/mol. The predicted octanol–water partition coefficient (Wildman–Crippen LogP) is 3.06. The summed E-state index contributed by atoms with van der Waals surface area (Å²) in [6.07, 6.45) is 3.10. The molecule has 1 amide bonds. The fraction of sp³-hybridized carbons (Fsp3) is 0.333. The predicted molar refractivity (Wildman–Crippen MR) is 98.8 cm³/mol. The molecule has 0 spiro atoms. The number of carbonyl (C=O) groups excluding carboxylic acids is 2. The van der Waals surface area contributed by atoms with Crippen molar-refractivity contribution in [2.24, 2.45) is 0 Å². The smallest absolute Gasteiger partial charge is 0.316 e. The van der Waals surface area contributed by atoms with E-state index < -0.39 is 0 Å². The number of amides is 1. The lowest BCUT2D eigenvalue weighted by Gasteiger charge is -2.13. The zero-order valence-corrected chi connectivity index (χ0v) is 16.2. The van der Waals surface area contributed by atoms with Gasteiger partial charge in [-0.15, -0.1) is 0 Å². The van der Waals surface area contributed by atoms with Crippen LogP contribution in [0, 0.1) is 0 Å². The molecular formula is C18H20BrN3O4. The Labute approximate surface area is 160 Å². The molecule has 1 heterocycles. The van der Waals surface area contributed by atoms with Gasteiger partial charge in [-0.2, -0.15) is 0 Å². The van der Waals surface area contributed by atoms with Gasteiger partial charge in [0.15, 0.2) is 0 Å². The van der Waals surface area contributed by atoms with Crippen LogP contribution in [0.25, 0.3) is 0 Å². The van der Waals surface area contributed by atoms with Crippen LogP contribution in [0.2, 0.25) is 0 Å². The molecule has 26 heavy (non-hydrogen) atoms. The van der Waals surface area contributed by atoms with Crippen molar-refractivity contribution in [1.29, 1.82) is 0 Å². The highest BCUT2D eigenvalue weighted by atomic mass is 79.9. The van der Waals surface area contributed by atoms with Gasteiger partial charge in [0, 0.05) is 24.5 Å². The Hall–Kier alpha value is -2.48. The molecule has 0 aliphatic rings. The second-order valence-corrected chi connectivity index (χ2v) is 6.29. The van der Waals surface area contributed by atoms with Gasteiger partial charge in [-0.05, 0) is 47.5 Å². The fourth-order valence-corrected chi connectivity index (χ4v) is 2.31. The zero-order valence-electron chi connectivity index (χ0n) is 14.6. The van der Waals surface area contributed by atoms with E-state index in [-0.39, 0.29) is 37.0 Å². The van der Waals surface area contributed by atoms with Crippen molar-refractivity contribution >= 4 is 27.8 Å². The number of halogens is 1. The van der Waals surface area contributed by atoms with E-state index in [1.54, 1.807) is 31.5 Å². The molecule has 138 valence electrons. The van der Waals surface area contributed by atoms with Crippen LogP contribution >= 0.6 is 15.9 Å².